The lowest BCUT2D eigenvalue weighted by Gasteiger charge is -2.34. The van der Waals surface area contributed by atoms with Crippen molar-refractivity contribution < 1.29 is 14.3 Å². The normalized spacial score (nSPS) is 16.3. The zero-order valence-electron chi connectivity index (χ0n) is 16.5. The Balaban J connectivity index is 1.43. The molecule has 0 fully saturated rings. The van der Waals surface area contributed by atoms with Gasteiger partial charge in [0, 0.05) is 22.8 Å². The van der Waals surface area contributed by atoms with Crippen LogP contribution in [0, 0.1) is 0 Å². The van der Waals surface area contributed by atoms with Crippen molar-refractivity contribution in [3.8, 4) is 11.5 Å². The summed E-state index contributed by atoms with van der Waals surface area (Å²) in [5.41, 5.74) is 2.32. The number of hydrogen-bond acceptors (Lipinski definition) is 6. The van der Waals surface area contributed by atoms with Gasteiger partial charge in [-0.1, -0.05) is 12.1 Å². The first-order valence-electron chi connectivity index (χ1n) is 9.51. The molecule has 0 unspecified atom stereocenters. The van der Waals surface area contributed by atoms with Crippen LogP contribution in [0.25, 0.3) is 0 Å². The molecule has 29 heavy (non-hydrogen) atoms. The average molecular weight is 429 g/mol. The van der Waals surface area contributed by atoms with E-state index in [0.29, 0.717) is 24.6 Å². The number of benzene rings is 1. The van der Waals surface area contributed by atoms with E-state index >= 15 is 0 Å². The number of ether oxygens (including phenoxy) is 2. The van der Waals surface area contributed by atoms with E-state index in [1.807, 2.05) is 29.5 Å². The minimum atomic E-state index is 0.0278. The summed E-state index contributed by atoms with van der Waals surface area (Å²) in [4.78, 5) is 17.7. The summed E-state index contributed by atoms with van der Waals surface area (Å²) in [6.07, 6.45) is 0.998. The largest absolute Gasteiger partial charge is 0.493 e. The Morgan fingerprint density at radius 2 is 2.00 bits per heavy atom. The predicted octanol–water partition coefficient (Wildman–Crippen LogP) is 4.09. The first-order chi connectivity index (χ1) is 14.2. The van der Waals surface area contributed by atoms with Crippen molar-refractivity contribution in [2.75, 3.05) is 27.3 Å². The number of amides is 1. The molecule has 0 aliphatic carbocycles. The van der Waals surface area contributed by atoms with E-state index in [1.54, 1.807) is 25.6 Å². The summed E-state index contributed by atoms with van der Waals surface area (Å²) < 4.78 is 10.6. The van der Waals surface area contributed by atoms with Gasteiger partial charge in [0.2, 0.25) is 5.91 Å². The van der Waals surface area contributed by atoms with Gasteiger partial charge in [0.15, 0.2) is 11.5 Å². The van der Waals surface area contributed by atoms with Crippen LogP contribution in [0.3, 0.4) is 0 Å². The van der Waals surface area contributed by atoms with Crippen LogP contribution in [-0.2, 0) is 17.8 Å². The van der Waals surface area contributed by atoms with Crippen molar-refractivity contribution in [1.29, 1.82) is 0 Å². The summed E-state index contributed by atoms with van der Waals surface area (Å²) in [7, 11) is 3.22. The second-order valence-electron chi connectivity index (χ2n) is 6.90. The van der Waals surface area contributed by atoms with Crippen molar-refractivity contribution in [2.24, 2.45) is 0 Å². The lowest BCUT2D eigenvalue weighted by molar-refractivity contribution is -0.122. The molecule has 1 amide bonds. The van der Waals surface area contributed by atoms with E-state index < -0.39 is 0 Å². The molecule has 1 aliphatic heterocycles. The van der Waals surface area contributed by atoms with Crippen molar-refractivity contribution in [3.63, 3.8) is 0 Å². The Bertz CT molecular complexity index is 968. The number of hydrogen-bond donors (Lipinski definition) is 1. The Morgan fingerprint density at radius 1 is 1.14 bits per heavy atom. The number of carbonyl (C=O) groups excluding carboxylic acids is 1. The van der Waals surface area contributed by atoms with Crippen LogP contribution in [0.5, 0.6) is 11.5 Å². The van der Waals surface area contributed by atoms with Crippen LogP contribution in [-0.4, -0.2) is 38.1 Å². The average Bonchev–Trinajstić information content (AvgIpc) is 3.44. The third-order valence-electron chi connectivity index (χ3n) is 5.16. The standard InChI is InChI=1S/C22H24N2O3S2/c1-26-17-6-5-15(12-18(17)27-2)13-23-21(25)14-24-9-7-19-16(8-11-29-19)22(24)20-4-3-10-28-20/h3-6,8,10-12,22H,7,9,13-14H2,1-2H3,(H,23,25)/t22-/m1/s1. The zero-order chi connectivity index (χ0) is 20.2. The molecule has 152 valence electrons. The third-order valence-corrected chi connectivity index (χ3v) is 7.08. The van der Waals surface area contributed by atoms with Crippen molar-refractivity contribution in [3.05, 3.63) is 68.0 Å². The highest BCUT2D eigenvalue weighted by Crippen LogP contribution is 2.39. The van der Waals surface area contributed by atoms with E-state index in [1.165, 1.54) is 15.3 Å². The maximum Gasteiger partial charge on any atom is 0.234 e. The van der Waals surface area contributed by atoms with Gasteiger partial charge in [-0.2, -0.15) is 0 Å². The van der Waals surface area contributed by atoms with E-state index in [-0.39, 0.29) is 11.9 Å². The molecule has 0 radical (unpaired) electrons. The third kappa shape index (κ3) is 4.32. The maximum atomic E-state index is 12.7. The molecule has 1 atom stereocenters. The molecule has 1 N–H and O–H groups in total. The van der Waals surface area contributed by atoms with E-state index in [0.717, 1.165) is 18.5 Å². The molecular weight excluding hydrogens is 404 g/mol. The highest BCUT2D eigenvalue weighted by atomic mass is 32.1. The Hall–Kier alpha value is -2.35. The molecule has 1 aromatic carbocycles. The second kappa shape index (κ2) is 8.98. The maximum absolute atomic E-state index is 12.7. The van der Waals surface area contributed by atoms with Gasteiger partial charge in [-0.3, -0.25) is 9.69 Å². The van der Waals surface area contributed by atoms with Crippen LogP contribution >= 0.6 is 22.7 Å². The summed E-state index contributed by atoms with van der Waals surface area (Å²) >= 11 is 3.57. The Morgan fingerprint density at radius 3 is 2.76 bits per heavy atom. The lowest BCUT2D eigenvalue weighted by atomic mass is 9.98. The highest BCUT2D eigenvalue weighted by Gasteiger charge is 2.31. The molecule has 3 aromatic rings. The van der Waals surface area contributed by atoms with Gasteiger partial charge in [0.1, 0.15) is 0 Å². The quantitative estimate of drug-likeness (QED) is 0.616. The van der Waals surface area contributed by atoms with Crippen molar-refractivity contribution >= 4 is 28.6 Å². The van der Waals surface area contributed by atoms with E-state index in [2.05, 4.69) is 39.2 Å². The smallest absolute Gasteiger partial charge is 0.234 e. The van der Waals surface area contributed by atoms with Crippen LogP contribution < -0.4 is 14.8 Å². The lowest BCUT2D eigenvalue weighted by Crippen LogP contribution is -2.42. The number of nitrogens with one attached hydrogen (secondary N) is 1. The van der Waals surface area contributed by atoms with Crippen LogP contribution in [0.4, 0.5) is 0 Å². The molecular formula is C22H24N2O3S2. The number of carbonyl (C=O) groups is 1. The predicted molar refractivity (Wildman–Crippen MR) is 117 cm³/mol. The van der Waals surface area contributed by atoms with Gasteiger partial charge < -0.3 is 14.8 Å². The minimum absolute atomic E-state index is 0.0278. The first kappa shape index (κ1) is 19.9. The molecule has 5 nitrogen and oxygen atoms in total. The van der Waals surface area contributed by atoms with Crippen molar-refractivity contribution in [1.82, 2.24) is 10.2 Å². The van der Waals surface area contributed by atoms with Gasteiger partial charge in [-0.05, 0) is 52.6 Å². The molecule has 3 heterocycles. The summed E-state index contributed by atoms with van der Waals surface area (Å²) in [5.74, 6) is 1.37. The fourth-order valence-electron chi connectivity index (χ4n) is 3.75. The highest BCUT2D eigenvalue weighted by molar-refractivity contribution is 7.10. The molecule has 0 spiro atoms. The molecule has 7 heteroatoms. The number of methoxy groups -OCH3 is 2. The van der Waals surface area contributed by atoms with Gasteiger partial charge in [0.25, 0.3) is 0 Å². The van der Waals surface area contributed by atoms with Gasteiger partial charge in [-0.15, -0.1) is 22.7 Å². The second-order valence-corrected chi connectivity index (χ2v) is 8.88. The number of rotatable bonds is 7. The van der Waals surface area contributed by atoms with Gasteiger partial charge in [0.05, 0.1) is 26.8 Å². The van der Waals surface area contributed by atoms with Crippen LogP contribution in [0.2, 0.25) is 0 Å². The molecule has 1 aliphatic rings. The van der Waals surface area contributed by atoms with Crippen LogP contribution in [0.15, 0.2) is 47.2 Å². The number of thiophene rings is 2. The number of fused-ring (bicyclic) bond motifs is 1. The fraction of sp³-hybridized carbons (Fsp3) is 0.318. The minimum Gasteiger partial charge on any atom is -0.493 e. The Labute approximate surface area is 178 Å². The van der Waals surface area contributed by atoms with E-state index in [9.17, 15) is 4.79 Å². The first-order valence-corrected chi connectivity index (χ1v) is 11.3. The molecule has 4 rings (SSSR count). The molecule has 0 saturated carbocycles. The van der Waals surface area contributed by atoms with Gasteiger partial charge >= 0.3 is 0 Å². The van der Waals surface area contributed by atoms with Crippen molar-refractivity contribution in [2.45, 2.75) is 19.0 Å². The Kier molecular flexibility index (Phi) is 6.18. The van der Waals surface area contributed by atoms with Gasteiger partial charge in [-0.25, -0.2) is 0 Å². The van der Waals surface area contributed by atoms with Crippen LogP contribution in [0.1, 0.15) is 26.9 Å². The zero-order valence-corrected chi connectivity index (χ0v) is 18.1. The summed E-state index contributed by atoms with van der Waals surface area (Å²) in [6, 6.07) is 12.3. The fourth-order valence-corrected chi connectivity index (χ4v) is 5.53. The summed E-state index contributed by atoms with van der Waals surface area (Å²) in [5, 5.41) is 7.31. The summed E-state index contributed by atoms with van der Waals surface area (Å²) in [6.45, 7) is 1.73. The topological polar surface area (TPSA) is 50.8 Å². The number of nitrogens with zero attached hydrogens (tertiary/aromatic N) is 1. The SMILES string of the molecule is COc1ccc(CNC(=O)CN2CCc3sccc3[C@@H]2c2cccs2)cc1OC. The molecule has 2 aromatic heterocycles. The molecule has 0 bridgehead atoms. The van der Waals surface area contributed by atoms with E-state index in [4.69, 9.17) is 9.47 Å². The molecule has 0 saturated heterocycles. The monoisotopic (exact) mass is 428 g/mol.